The van der Waals surface area contributed by atoms with E-state index >= 15 is 0 Å². The van der Waals surface area contributed by atoms with Gasteiger partial charge in [0.1, 0.15) is 0 Å². The van der Waals surface area contributed by atoms with Crippen molar-refractivity contribution in [3.63, 3.8) is 0 Å². The average molecular weight is 408 g/mol. The summed E-state index contributed by atoms with van der Waals surface area (Å²) in [4.78, 5) is 17.0. The highest BCUT2D eigenvalue weighted by atomic mass is 35.5. The van der Waals surface area contributed by atoms with Gasteiger partial charge in [0.05, 0.1) is 27.7 Å². The second-order valence-corrected chi connectivity index (χ2v) is 7.05. The van der Waals surface area contributed by atoms with Gasteiger partial charge < -0.3 is 9.84 Å². The average Bonchev–Trinajstić information content (AvgIpc) is 3.30. The van der Waals surface area contributed by atoms with Crippen molar-refractivity contribution in [2.75, 3.05) is 5.32 Å². The first kappa shape index (κ1) is 18.9. The Morgan fingerprint density at radius 2 is 1.93 bits per heavy atom. The zero-order valence-corrected chi connectivity index (χ0v) is 16.9. The summed E-state index contributed by atoms with van der Waals surface area (Å²) in [5.41, 5.74) is 4.24. The molecule has 2 aromatic carbocycles. The van der Waals surface area contributed by atoms with Crippen LogP contribution in [0.15, 0.2) is 53.2 Å². The summed E-state index contributed by atoms with van der Waals surface area (Å²) in [7, 11) is 0. The van der Waals surface area contributed by atoms with Crippen LogP contribution in [0.2, 0.25) is 5.02 Å². The highest BCUT2D eigenvalue weighted by Crippen LogP contribution is 2.25. The molecular formula is C21H18ClN5O2. The lowest BCUT2D eigenvalue weighted by atomic mass is 10.1. The van der Waals surface area contributed by atoms with Crippen LogP contribution in [0.4, 0.5) is 5.69 Å². The smallest absolute Gasteiger partial charge is 0.259 e. The van der Waals surface area contributed by atoms with E-state index in [4.69, 9.17) is 16.1 Å². The number of rotatable bonds is 4. The number of nitrogens with zero attached hydrogens (tertiary/aromatic N) is 4. The summed E-state index contributed by atoms with van der Waals surface area (Å²) >= 11 is 6.14. The minimum Gasteiger partial charge on any atom is -0.339 e. The molecule has 0 atom stereocenters. The molecule has 0 saturated heterocycles. The van der Waals surface area contributed by atoms with E-state index < -0.39 is 0 Å². The molecule has 2 aromatic heterocycles. The molecule has 0 unspecified atom stereocenters. The van der Waals surface area contributed by atoms with Crippen molar-refractivity contribution in [3.05, 3.63) is 76.4 Å². The zero-order chi connectivity index (χ0) is 20.5. The summed E-state index contributed by atoms with van der Waals surface area (Å²) in [6.07, 6.45) is 1.70. The maximum absolute atomic E-state index is 12.8. The van der Waals surface area contributed by atoms with Gasteiger partial charge in [-0.3, -0.25) is 4.79 Å². The van der Waals surface area contributed by atoms with Gasteiger partial charge in [-0.05, 0) is 37.6 Å². The molecule has 0 aliphatic carbocycles. The first-order valence-corrected chi connectivity index (χ1v) is 9.34. The Balaban J connectivity index is 1.67. The molecule has 0 fully saturated rings. The number of carbonyl (C=O) groups excluding carboxylic acids is 1. The molecule has 0 saturated carbocycles. The Kier molecular flexibility index (Phi) is 4.90. The number of carbonyl (C=O) groups is 1. The third-order valence-corrected chi connectivity index (χ3v) is 4.84. The molecular weight excluding hydrogens is 390 g/mol. The van der Waals surface area contributed by atoms with E-state index in [1.165, 1.54) is 0 Å². The maximum Gasteiger partial charge on any atom is 0.259 e. The first-order valence-electron chi connectivity index (χ1n) is 8.96. The van der Waals surface area contributed by atoms with Crippen molar-refractivity contribution in [1.29, 1.82) is 0 Å². The lowest BCUT2D eigenvalue weighted by Crippen LogP contribution is -2.12. The standard InChI is InChI=1S/C21H18ClN5O2/c1-12-8-9-15(20-23-14(3)29-26-20)10-19(12)27-11-16(13(2)25-27)21(28)24-18-7-5-4-6-17(18)22/h4-11H,1-3H3,(H,24,28). The summed E-state index contributed by atoms with van der Waals surface area (Å²) in [5, 5.41) is 11.8. The van der Waals surface area contributed by atoms with Gasteiger partial charge in [0.15, 0.2) is 0 Å². The molecule has 0 aliphatic heterocycles. The largest absolute Gasteiger partial charge is 0.339 e. The first-order chi connectivity index (χ1) is 13.9. The van der Waals surface area contributed by atoms with Crippen LogP contribution >= 0.6 is 11.6 Å². The second-order valence-electron chi connectivity index (χ2n) is 6.64. The van der Waals surface area contributed by atoms with Gasteiger partial charge in [0, 0.05) is 18.7 Å². The lowest BCUT2D eigenvalue weighted by molar-refractivity contribution is 0.102. The normalized spacial score (nSPS) is 10.9. The van der Waals surface area contributed by atoms with Crippen molar-refractivity contribution in [2.24, 2.45) is 0 Å². The van der Waals surface area contributed by atoms with Crippen LogP contribution in [0.3, 0.4) is 0 Å². The van der Waals surface area contributed by atoms with Crippen LogP contribution in [0.1, 0.15) is 27.5 Å². The fraction of sp³-hybridized carbons (Fsp3) is 0.143. The number of para-hydroxylation sites is 1. The summed E-state index contributed by atoms with van der Waals surface area (Å²) in [6, 6.07) is 12.9. The van der Waals surface area contributed by atoms with Crippen molar-refractivity contribution >= 4 is 23.2 Å². The Bertz CT molecular complexity index is 1210. The van der Waals surface area contributed by atoms with Crippen LogP contribution in [0.25, 0.3) is 17.1 Å². The summed E-state index contributed by atoms with van der Waals surface area (Å²) in [5.74, 6) is 0.726. The third kappa shape index (κ3) is 3.77. The number of benzene rings is 2. The van der Waals surface area contributed by atoms with E-state index in [0.29, 0.717) is 33.7 Å². The molecule has 0 bridgehead atoms. The molecule has 29 heavy (non-hydrogen) atoms. The van der Waals surface area contributed by atoms with Gasteiger partial charge in [-0.15, -0.1) is 0 Å². The summed E-state index contributed by atoms with van der Waals surface area (Å²) in [6.45, 7) is 5.51. The van der Waals surface area contributed by atoms with Crippen molar-refractivity contribution in [1.82, 2.24) is 19.9 Å². The van der Waals surface area contributed by atoms with Crippen molar-refractivity contribution in [3.8, 4) is 17.1 Å². The van der Waals surface area contributed by atoms with E-state index in [1.807, 2.05) is 37.3 Å². The minimum absolute atomic E-state index is 0.274. The van der Waals surface area contributed by atoms with Crippen LogP contribution < -0.4 is 5.32 Å². The fourth-order valence-electron chi connectivity index (χ4n) is 2.97. The summed E-state index contributed by atoms with van der Waals surface area (Å²) < 4.78 is 6.75. The topological polar surface area (TPSA) is 85.8 Å². The second kappa shape index (κ2) is 7.52. The highest BCUT2D eigenvalue weighted by molar-refractivity contribution is 6.33. The monoisotopic (exact) mass is 407 g/mol. The number of aryl methyl sites for hydroxylation is 3. The van der Waals surface area contributed by atoms with E-state index in [2.05, 4.69) is 20.6 Å². The van der Waals surface area contributed by atoms with Crippen molar-refractivity contribution in [2.45, 2.75) is 20.8 Å². The SMILES string of the molecule is Cc1nc(-c2ccc(C)c(-n3cc(C(=O)Nc4ccccc4Cl)c(C)n3)c2)no1. The van der Waals surface area contributed by atoms with Gasteiger partial charge >= 0.3 is 0 Å². The number of hydrogen-bond donors (Lipinski definition) is 1. The van der Waals surface area contributed by atoms with Crippen LogP contribution in [-0.4, -0.2) is 25.8 Å². The quantitative estimate of drug-likeness (QED) is 0.527. The van der Waals surface area contributed by atoms with Gasteiger partial charge in [0.2, 0.25) is 11.7 Å². The lowest BCUT2D eigenvalue weighted by Gasteiger charge is -2.07. The molecule has 0 radical (unpaired) electrons. The molecule has 2 heterocycles. The molecule has 1 amide bonds. The molecule has 7 nitrogen and oxygen atoms in total. The Morgan fingerprint density at radius 1 is 1.14 bits per heavy atom. The Morgan fingerprint density at radius 3 is 2.66 bits per heavy atom. The predicted molar refractivity (Wildman–Crippen MR) is 110 cm³/mol. The molecule has 0 aliphatic rings. The van der Waals surface area contributed by atoms with E-state index in [-0.39, 0.29) is 5.91 Å². The highest BCUT2D eigenvalue weighted by Gasteiger charge is 2.17. The number of halogens is 1. The van der Waals surface area contributed by atoms with Crippen molar-refractivity contribution < 1.29 is 9.32 Å². The molecule has 1 N–H and O–H groups in total. The molecule has 146 valence electrons. The zero-order valence-electron chi connectivity index (χ0n) is 16.1. The molecule has 4 rings (SSSR count). The fourth-order valence-corrected chi connectivity index (χ4v) is 3.15. The van der Waals surface area contributed by atoms with Crippen LogP contribution in [-0.2, 0) is 0 Å². The number of hydrogen-bond acceptors (Lipinski definition) is 5. The van der Waals surface area contributed by atoms with Crippen LogP contribution in [0.5, 0.6) is 0 Å². The number of anilines is 1. The third-order valence-electron chi connectivity index (χ3n) is 4.51. The molecule has 4 aromatic rings. The molecule has 8 heteroatoms. The maximum atomic E-state index is 12.8. The van der Waals surface area contributed by atoms with E-state index in [1.54, 1.807) is 36.9 Å². The van der Waals surface area contributed by atoms with Gasteiger partial charge in [-0.1, -0.05) is 41.0 Å². The minimum atomic E-state index is -0.274. The Hall–Kier alpha value is -3.45. The predicted octanol–water partition coefficient (Wildman–Crippen LogP) is 4.75. The Labute approximate surface area is 172 Å². The number of amides is 1. The molecule has 0 spiro atoms. The van der Waals surface area contributed by atoms with Gasteiger partial charge in [-0.2, -0.15) is 10.1 Å². The van der Waals surface area contributed by atoms with E-state index in [0.717, 1.165) is 16.8 Å². The van der Waals surface area contributed by atoms with Gasteiger partial charge in [-0.25, -0.2) is 4.68 Å². The van der Waals surface area contributed by atoms with Gasteiger partial charge in [0.25, 0.3) is 5.91 Å². The number of aromatic nitrogens is 4. The van der Waals surface area contributed by atoms with Crippen LogP contribution in [0, 0.1) is 20.8 Å². The van der Waals surface area contributed by atoms with E-state index in [9.17, 15) is 4.79 Å². The number of nitrogens with one attached hydrogen (secondary N) is 1.